The summed E-state index contributed by atoms with van der Waals surface area (Å²) in [4.78, 5) is 25.4. The Morgan fingerprint density at radius 2 is 1.30 bits per heavy atom. The van der Waals surface area contributed by atoms with E-state index in [0.717, 1.165) is 11.1 Å². The van der Waals surface area contributed by atoms with Gasteiger partial charge in [0, 0.05) is 27.8 Å². The fourth-order valence-corrected chi connectivity index (χ4v) is 6.54. The molecule has 1 aliphatic rings. The van der Waals surface area contributed by atoms with Gasteiger partial charge >= 0.3 is 11.9 Å². The molecule has 3 N–H and O–H groups in total. The molecule has 0 bridgehead atoms. The third-order valence-electron chi connectivity index (χ3n) is 7.18. The second-order valence-electron chi connectivity index (χ2n) is 9.00. The number of carboxylic acid groups (broad SMARTS) is 1. The van der Waals surface area contributed by atoms with Crippen molar-refractivity contribution in [3.63, 3.8) is 0 Å². The molecule has 0 amide bonds. The van der Waals surface area contributed by atoms with E-state index in [1.165, 1.54) is 18.2 Å². The van der Waals surface area contributed by atoms with Gasteiger partial charge in [0.05, 0.1) is 20.1 Å². The van der Waals surface area contributed by atoms with E-state index < -0.39 is 17.5 Å². The highest BCUT2D eigenvalue weighted by Gasteiger charge is 2.52. The Kier molecular flexibility index (Phi) is 7.45. The summed E-state index contributed by atoms with van der Waals surface area (Å²) in [6.07, 6.45) is 2.01. The van der Waals surface area contributed by atoms with E-state index >= 15 is 0 Å². The maximum absolute atomic E-state index is 13.4. The Bertz CT molecular complexity index is 1380. The van der Waals surface area contributed by atoms with Crippen molar-refractivity contribution in [2.45, 2.75) is 59.0 Å². The molecule has 1 aliphatic heterocycles. The monoisotopic (exact) mass is 630 g/mol. The van der Waals surface area contributed by atoms with Crippen LogP contribution >= 0.6 is 31.9 Å². The summed E-state index contributed by atoms with van der Waals surface area (Å²) in [6, 6.07) is 8.13. The highest BCUT2D eigenvalue weighted by Crippen LogP contribution is 2.54. The molecule has 194 valence electrons. The molecule has 3 aromatic carbocycles. The highest BCUT2D eigenvalue weighted by molar-refractivity contribution is 9.11. The maximum Gasteiger partial charge on any atom is 0.340 e. The number of aryl methyl sites for hydroxylation is 2. The standard InChI is InChI=1S/C29H28Br2O6/c1-5-14-11-20(17(7-3)25(32)23(14)30)29(21-12-15(6-2)24(31)26(33)18(21)8-4)22-13-16(27(34)35)9-10-19(22)28(36)37-29/h9-13,32-33H,5-8H2,1-4H3,(H,34,35). The first-order chi connectivity index (χ1) is 17.6. The zero-order valence-electron chi connectivity index (χ0n) is 21.0. The summed E-state index contributed by atoms with van der Waals surface area (Å²) in [6.45, 7) is 7.70. The van der Waals surface area contributed by atoms with Gasteiger partial charge in [0.25, 0.3) is 0 Å². The Hall–Kier alpha value is -2.84. The Morgan fingerprint density at radius 1 is 0.811 bits per heavy atom. The van der Waals surface area contributed by atoms with Crippen LogP contribution in [0, 0.1) is 0 Å². The van der Waals surface area contributed by atoms with Crippen molar-refractivity contribution in [1.29, 1.82) is 0 Å². The van der Waals surface area contributed by atoms with E-state index in [2.05, 4.69) is 31.9 Å². The molecular formula is C29H28Br2O6. The number of carboxylic acids is 1. The highest BCUT2D eigenvalue weighted by atomic mass is 79.9. The molecule has 4 rings (SSSR count). The van der Waals surface area contributed by atoms with Gasteiger partial charge in [-0.25, -0.2) is 9.59 Å². The van der Waals surface area contributed by atoms with Crippen molar-refractivity contribution in [3.8, 4) is 11.5 Å². The first kappa shape index (κ1) is 27.2. The Balaban J connectivity index is 2.29. The molecular weight excluding hydrogens is 604 g/mol. The van der Waals surface area contributed by atoms with Gasteiger partial charge < -0.3 is 20.1 Å². The third kappa shape index (κ3) is 4.05. The zero-order chi connectivity index (χ0) is 27.2. The van der Waals surface area contributed by atoms with Crippen molar-refractivity contribution >= 4 is 43.8 Å². The van der Waals surface area contributed by atoms with Crippen molar-refractivity contribution in [2.75, 3.05) is 0 Å². The number of esters is 1. The number of fused-ring (bicyclic) bond motifs is 1. The number of aromatic hydroxyl groups is 2. The summed E-state index contributed by atoms with van der Waals surface area (Å²) < 4.78 is 7.45. The van der Waals surface area contributed by atoms with E-state index in [-0.39, 0.29) is 22.6 Å². The summed E-state index contributed by atoms with van der Waals surface area (Å²) >= 11 is 7.03. The SMILES string of the molecule is CCc1cc(C2(c3cc(CC)c(Br)c(O)c3CC)OC(=O)c3ccc(C(=O)O)cc32)c(CC)c(O)c1Br. The van der Waals surface area contributed by atoms with Gasteiger partial charge in [-0.05, 0) is 99.0 Å². The lowest BCUT2D eigenvalue weighted by atomic mass is 9.73. The van der Waals surface area contributed by atoms with Crippen LogP contribution < -0.4 is 0 Å². The molecule has 1 heterocycles. The number of ether oxygens (including phenoxy) is 1. The molecule has 0 unspecified atom stereocenters. The van der Waals surface area contributed by atoms with Gasteiger partial charge in [0.1, 0.15) is 11.5 Å². The number of phenols is 2. The molecule has 37 heavy (non-hydrogen) atoms. The van der Waals surface area contributed by atoms with Crippen LogP contribution in [0.3, 0.4) is 0 Å². The molecule has 6 nitrogen and oxygen atoms in total. The lowest BCUT2D eigenvalue weighted by Gasteiger charge is -2.35. The quantitative estimate of drug-likeness (QED) is 0.242. The number of phenolic OH excluding ortho intramolecular Hbond substituents is 2. The van der Waals surface area contributed by atoms with Gasteiger partial charge in [0.15, 0.2) is 5.60 Å². The largest absolute Gasteiger partial charge is 0.506 e. The predicted octanol–water partition coefficient (Wildman–Crippen LogP) is 7.03. The van der Waals surface area contributed by atoms with E-state index in [1.54, 1.807) is 0 Å². The molecule has 0 atom stereocenters. The molecule has 0 aliphatic carbocycles. The molecule has 0 saturated heterocycles. The molecule has 0 saturated carbocycles. The molecule has 0 fully saturated rings. The van der Waals surface area contributed by atoms with Gasteiger partial charge in [-0.3, -0.25) is 0 Å². The predicted molar refractivity (Wildman–Crippen MR) is 148 cm³/mol. The minimum atomic E-state index is -1.58. The van der Waals surface area contributed by atoms with Gasteiger partial charge in [-0.15, -0.1) is 0 Å². The third-order valence-corrected chi connectivity index (χ3v) is 8.95. The second kappa shape index (κ2) is 10.1. The van der Waals surface area contributed by atoms with Crippen LogP contribution in [0.25, 0.3) is 0 Å². The summed E-state index contributed by atoms with van der Waals surface area (Å²) in [5.41, 5.74) is 2.85. The fourth-order valence-electron chi connectivity index (χ4n) is 5.27. The van der Waals surface area contributed by atoms with Crippen LogP contribution in [0.2, 0.25) is 0 Å². The van der Waals surface area contributed by atoms with Crippen LogP contribution in [-0.4, -0.2) is 27.3 Å². The van der Waals surface area contributed by atoms with Crippen LogP contribution in [0.5, 0.6) is 11.5 Å². The summed E-state index contributed by atoms with van der Waals surface area (Å²) in [7, 11) is 0. The van der Waals surface area contributed by atoms with Crippen LogP contribution in [0.1, 0.15) is 87.4 Å². The fraction of sp³-hybridized carbons (Fsp3) is 0.310. The minimum Gasteiger partial charge on any atom is -0.506 e. The van der Waals surface area contributed by atoms with Crippen molar-refractivity contribution in [1.82, 2.24) is 0 Å². The van der Waals surface area contributed by atoms with Crippen molar-refractivity contribution in [2.24, 2.45) is 0 Å². The molecule has 8 heteroatoms. The lowest BCUT2D eigenvalue weighted by molar-refractivity contribution is 0.0244. The Morgan fingerprint density at radius 3 is 1.70 bits per heavy atom. The van der Waals surface area contributed by atoms with E-state index in [1.807, 2.05) is 39.8 Å². The van der Waals surface area contributed by atoms with Crippen molar-refractivity contribution < 1.29 is 29.6 Å². The maximum atomic E-state index is 13.4. The van der Waals surface area contributed by atoms with Crippen LogP contribution in [0.4, 0.5) is 0 Å². The number of hydrogen-bond acceptors (Lipinski definition) is 5. The number of carbonyl (C=O) groups is 2. The summed E-state index contributed by atoms with van der Waals surface area (Å²) in [5.74, 6) is -1.64. The zero-order valence-corrected chi connectivity index (χ0v) is 24.2. The summed E-state index contributed by atoms with van der Waals surface area (Å²) in [5, 5.41) is 32.3. The van der Waals surface area contributed by atoms with Gasteiger partial charge in [-0.1, -0.05) is 27.7 Å². The number of halogens is 2. The van der Waals surface area contributed by atoms with Crippen LogP contribution in [-0.2, 0) is 36.0 Å². The smallest absolute Gasteiger partial charge is 0.340 e. The topological polar surface area (TPSA) is 104 Å². The van der Waals surface area contributed by atoms with Gasteiger partial charge in [-0.2, -0.15) is 0 Å². The van der Waals surface area contributed by atoms with Gasteiger partial charge in [0.2, 0.25) is 0 Å². The number of aromatic carboxylic acids is 1. The molecule has 3 aromatic rings. The number of carbonyl (C=O) groups excluding carboxylic acids is 1. The second-order valence-corrected chi connectivity index (χ2v) is 10.6. The minimum absolute atomic E-state index is 0.00613. The lowest BCUT2D eigenvalue weighted by Crippen LogP contribution is -2.33. The first-order valence-electron chi connectivity index (χ1n) is 12.3. The van der Waals surface area contributed by atoms with E-state index in [9.17, 15) is 24.9 Å². The molecule has 0 aromatic heterocycles. The van der Waals surface area contributed by atoms with E-state index in [0.29, 0.717) is 62.4 Å². The van der Waals surface area contributed by atoms with E-state index in [4.69, 9.17) is 4.74 Å². The number of hydrogen-bond donors (Lipinski definition) is 3. The van der Waals surface area contributed by atoms with Crippen molar-refractivity contribution in [3.05, 3.63) is 89.3 Å². The normalized spacial score (nSPS) is 13.9. The van der Waals surface area contributed by atoms with Crippen LogP contribution in [0.15, 0.2) is 39.3 Å². The number of rotatable bonds is 7. The number of cyclic esters (lactones) is 1. The molecule has 0 spiro atoms. The average molecular weight is 632 g/mol. The number of benzene rings is 3. The first-order valence-corrected chi connectivity index (χ1v) is 13.8. The average Bonchev–Trinajstić information content (AvgIpc) is 3.19. The molecule has 0 radical (unpaired) electrons. The Labute approximate surface area is 232 Å².